The standard InChI is InChI=1S/C12H16O5S/c1-16-7-8-18(14,15)9-11(13)10-5-3-4-6-12(10)17-2/h3-6H,7-9H2,1-2H3. The molecule has 0 aliphatic heterocycles. The number of carbonyl (C=O) groups is 1. The predicted molar refractivity (Wildman–Crippen MR) is 67.9 cm³/mol. The molecule has 1 aromatic carbocycles. The van der Waals surface area contributed by atoms with E-state index in [0.717, 1.165) is 0 Å². The quantitative estimate of drug-likeness (QED) is 0.691. The molecule has 0 N–H and O–H groups in total. The van der Waals surface area contributed by atoms with E-state index in [4.69, 9.17) is 9.47 Å². The van der Waals surface area contributed by atoms with Crippen molar-refractivity contribution in [2.24, 2.45) is 0 Å². The number of benzene rings is 1. The molecule has 18 heavy (non-hydrogen) atoms. The maximum absolute atomic E-state index is 11.9. The average Bonchev–Trinajstić information content (AvgIpc) is 2.35. The second kappa shape index (κ2) is 6.51. The van der Waals surface area contributed by atoms with Crippen LogP contribution in [0.15, 0.2) is 24.3 Å². The zero-order valence-electron chi connectivity index (χ0n) is 10.4. The average molecular weight is 272 g/mol. The molecule has 0 saturated carbocycles. The van der Waals surface area contributed by atoms with Gasteiger partial charge in [0.25, 0.3) is 0 Å². The molecular formula is C12H16O5S. The third-order valence-electron chi connectivity index (χ3n) is 2.36. The minimum absolute atomic E-state index is 0.0849. The molecule has 0 aliphatic rings. The minimum atomic E-state index is -3.45. The highest BCUT2D eigenvalue weighted by Crippen LogP contribution is 2.18. The summed E-state index contributed by atoms with van der Waals surface area (Å²) in [5, 5.41) is 0. The largest absolute Gasteiger partial charge is 0.496 e. The Morgan fingerprint density at radius 1 is 1.22 bits per heavy atom. The van der Waals surface area contributed by atoms with Crippen molar-refractivity contribution in [1.82, 2.24) is 0 Å². The third kappa shape index (κ3) is 4.12. The summed E-state index contributed by atoms with van der Waals surface area (Å²) in [7, 11) is -0.596. The fourth-order valence-corrected chi connectivity index (χ4v) is 2.55. The van der Waals surface area contributed by atoms with E-state index in [-0.39, 0.29) is 17.9 Å². The minimum Gasteiger partial charge on any atom is -0.496 e. The number of ketones is 1. The number of hydrogen-bond acceptors (Lipinski definition) is 5. The molecule has 0 fully saturated rings. The van der Waals surface area contributed by atoms with E-state index in [2.05, 4.69) is 0 Å². The van der Waals surface area contributed by atoms with Gasteiger partial charge in [-0.15, -0.1) is 0 Å². The summed E-state index contributed by atoms with van der Waals surface area (Å²) in [5.74, 6) is -0.783. The van der Waals surface area contributed by atoms with Crippen molar-refractivity contribution in [2.75, 3.05) is 32.3 Å². The van der Waals surface area contributed by atoms with E-state index in [0.29, 0.717) is 5.75 Å². The number of carbonyl (C=O) groups excluding carboxylic acids is 1. The van der Waals surface area contributed by atoms with Gasteiger partial charge < -0.3 is 9.47 Å². The lowest BCUT2D eigenvalue weighted by Crippen LogP contribution is -2.21. The molecule has 6 heteroatoms. The Bertz CT molecular complexity index is 507. The number of rotatable bonds is 7. The first-order valence-electron chi connectivity index (χ1n) is 5.36. The SMILES string of the molecule is COCCS(=O)(=O)CC(=O)c1ccccc1OC. The maximum atomic E-state index is 11.9. The summed E-state index contributed by atoms with van der Waals surface area (Å²) in [6.45, 7) is 0.0849. The Balaban J connectivity index is 2.82. The lowest BCUT2D eigenvalue weighted by atomic mass is 10.1. The molecule has 1 aromatic rings. The molecule has 0 radical (unpaired) electrons. The zero-order chi connectivity index (χ0) is 13.6. The summed E-state index contributed by atoms with van der Waals surface area (Å²) in [6.07, 6.45) is 0. The first-order chi connectivity index (χ1) is 8.50. The number of Topliss-reactive ketones (excluding diaryl/α,β-unsaturated/α-hetero) is 1. The summed E-state index contributed by atoms with van der Waals surface area (Å²) in [5.41, 5.74) is 0.279. The van der Waals surface area contributed by atoms with Crippen molar-refractivity contribution in [1.29, 1.82) is 0 Å². The predicted octanol–water partition coefficient (Wildman–Crippen LogP) is 0.939. The van der Waals surface area contributed by atoms with E-state index in [1.165, 1.54) is 14.2 Å². The number of sulfone groups is 1. The summed E-state index contributed by atoms with van der Waals surface area (Å²) < 4.78 is 33.0. The molecular weight excluding hydrogens is 256 g/mol. The molecule has 100 valence electrons. The van der Waals surface area contributed by atoms with Crippen molar-refractivity contribution in [3.8, 4) is 5.75 Å². The fourth-order valence-electron chi connectivity index (χ4n) is 1.43. The summed E-state index contributed by atoms with van der Waals surface area (Å²) >= 11 is 0. The van der Waals surface area contributed by atoms with Crippen LogP contribution < -0.4 is 4.74 Å². The van der Waals surface area contributed by atoms with Gasteiger partial charge in [0.05, 0.1) is 25.0 Å². The molecule has 0 aliphatic carbocycles. The molecule has 0 atom stereocenters. The van der Waals surface area contributed by atoms with Gasteiger partial charge in [0, 0.05) is 7.11 Å². The smallest absolute Gasteiger partial charge is 0.181 e. The van der Waals surface area contributed by atoms with Crippen LogP contribution in [0.25, 0.3) is 0 Å². The molecule has 0 bridgehead atoms. The van der Waals surface area contributed by atoms with Crippen molar-refractivity contribution < 1.29 is 22.7 Å². The van der Waals surface area contributed by atoms with Gasteiger partial charge in [-0.1, -0.05) is 12.1 Å². The van der Waals surface area contributed by atoms with Crippen LogP contribution in [0.2, 0.25) is 0 Å². The van der Waals surface area contributed by atoms with E-state index in [1.54, 1.807) is 24.3 Å². The highest BCUT2D eigenvalue weighted by Gasteiger charge is 2.20. The number of methoxy groups -OCH3 is 2. The Labute approximate surface area is 107 Å². The normalized spacial score (nSPS) is 11.2. The number of para-hydroxylation sites is 1. The molecule has 0 unspecified atom stereocenters. The van der Waals surface area contributed by atoms with Crippen LogP contribution in [0.3, 0.4) is 0 Å². The van der Waals surface area contributed by atoms with Gasteiger partial charge in [0.15, 0.2) is 15.6 Å². The highest BCUT2D eigenvalue weighted by molar-refractivity contribution is 7.92. The lowest BCUT2D eigenvalue weighted by Gasteiger charge is -2.07. The summed E-state index contributed by atoms with van der Waals surface area (Å²) in [6, 6.07) is 6.55. The third-order valence-corrected chi connectivity index (χ3v) is 3.85. The highest BCUT2D eigenvalue weighted by atomic mass is 32.2. The molecule has 1 rings (SSSR count). The van der Waals surface area contributed by atoms with Gasteiger partial charge in [0.2, 0.25) is 0 Å². The Morgan fingerprint density at radius 2 is 1.89 bits per heavy atom. The van der Waals surface area contributed by atoms with Crippen LogP contribution in [0.1, 0.15) is 10.4 Å². The van der Waals surface area contributed by atoms with Gasteiger partial charge >= 0.3 is 0 Å². The van der Waals surface area contributed by atoms with Gasteiger partial charge in [-0.3, -0.25) is 4.79 Å². The molecule has 5 nitrogen and oxygen atoms in total. The molecule has 0 aromatic heterocycles. The van der Waals surface area contributed by atoms with Crippen molar-refractivity contribution >= 4 is 15.6 Å². The van der Waals surface area contributed by atoms with Gasteiger partial charge in [-0.25, -0.2) is 8.42 Å². The Kier molecular flexibility index (Phi) is 5.30. The topological polar surface area (TPSA) is 69.7 Å². The number of hydrogen-bond donors (Lipinski definition) is 0. The summed E-state index contributed by atoms with van der Waals surface area (Å²) in [4.78, 5) is 11.9. The Morgan fingerprint density at radius 3 is 2.50 bits per heavy atom. The molecule has 0 heterocycles. The van der Waals surface area contributed by atoms with Gasteiger partial charge in [0.1, 0.15) is 11.5 Å². The zero-order valence-corrected chi connectivity index (χ0v) is 11.2. The van der Waals surface area contributed by atoms with Crippen LogP contribution >= 0.6 is 0 Å². The fraction of sp³-hybridized carbons (Fsp3) is 0.417. The second-order valence-corrected chi connectivity index (χ2v) is 5.89. The van der Waals surface area contributed by atoms with Crippen LogP contribution in [0.5, 0.6) is 5.75 Å². The van der Waals surface area contributed by atoms with Crippen LogP contribution in [-0.4, -0.2) is 46.5 Å². The van der Waals surface area contributed by atoms with Crippen LogP contribution in [-0.2, 0) is 14.6 Å². The van der Waals surface area contributed by atoms with Crippen molar-refractivity contribution in [3.05, 3.63) is 29.8 Å². The van der Waals surface area contributed by atoms with E-state index in [1.807, 2.05) is 0 Å². The second-order valence-electron chi connectivity index (χ2n) is 3.71. The van der Waals surface area contributed by atoms with Crippen molar-refractivity contribution in [3.63, 3.8) is 0 Å². The van der Waals surface area contributed by atoms with Crippen LogP contribution in [0.4, 0.5) is 0 Å². The monoisotopic (exact) mass is 272 g/mol. The first-order valence-corrected chi connectivity index (χ1v) is 7.18. The molecule has 0 amide bonds. The maximum Gasteiger partial charge on any atom is 0.181 e. The molecule has 0 saturated heterocycles. The number of ether oxygens (including phenoxy) is 2. The first kappa shape index (κ1) is 14.7. The van der Waals surface area contributed by atoms with Gasteiger partial charge in [-0.2, -0.15) is 0 Å². The molecule has 0 spiro atoms. The van der Waals surface area contributed by atoms with E-state index >= 15 is 0 Å². The van der Waals surface area contributed by atoms with E-state index < -0.39 is 21.4 Å². The van der Waals surface area contributed by atoms with Gasteiger partial charge in [-0.05, 0) is 12.1 Å². The Hall–Kier alpha value is -1.40. The van der Waals surface area contributed by atoms with Crippen LogP contribution in [0, 0.1) is 0 Å². The van der Waals surface area contributed by atoms with Crippen molar-refractivity contribution in [2.45, 2.75) is 0 Å². The lowest BCUT2D eigenvalue weighted by molar-refractivity contribution is 0.101. The van der Waals surface area contributed by atoms with E-state index in [9.17, 15) is 13.2 Å².